The summed E-state index contributed by atoms with van der Waals surface area (Å²) in [4.78, 5) is 2.57. The first-order valence-corrected chi connectivity index (χ1v) is 10.5. The van der Waals surface area contributed by atoms with Crippen molar-refractivity contribution < 1.29 is 8.42 Å². The summed E-state index contributed by atoms with van der Waals surface area (Å²) >= 11 is 0. The van der Waals surface area contributed by atoms with E-state index in [1.165, 1.54) is 37.5 Å². The fourth-order valence-corrected chi connectivity index (χ4v) is 6.34. The van der Waals surface area contributed by atoms with Crippen molar-refractivity contribution >= 4 is 10.0 Å². The standard InChI is InChI=1S/C18H26N2O2S/c1-23(21,22)20-14-17-9-5-6-10-18(17,15-20)13-19(12-17)11-16-7-3-2-4-8-16/h2-4,7-8H,5-6,9-15H2,1H3. The summed E-state index contributed by atoms with van der Waals surface area (Å²) in [5.41, 5.74) is 1.73. The molecule has 2 aliphatic heterocycles. The van der Waals surface area contributed by atoms with E-state index in [0.29, 0.717) is 0 Å². The number of nitrogens with zero attached hydrogens (tertiary/aromatic N) is 2. The molecule has 0 spiro atoms. The summed E-state index contributed by atoms with van der Waals surface area (Å²) < 4.78 is 25.9. The van der Waals surface area contributed by atoms with E-state index in [2.05, 4.69) is 35.2 Å². The minimum Gasteiger partial charge on any atom is -0.298 e. The van der Waals surface area contributed by atoms with E-state index in [1.807, 2.05) is 0 Å². The summed E-state index contributed by atoms with van der Waals surface area (Å²) in [7, 11) is -3.07. The van der Waals surface area contributed by atoms with Gasteiger partial charge in [-0.3, -0.25) is 4.90 Å². The van der Waals surface area contributed by atoms with Crippen LogP contribution in [0.5, 0.6) is 0 Å². The van der Waals surface area contributed by atoms with Crippen molar-refractivity contribution in [1.82, 2.24) is 9.21 Å². The third-order valence-electron chi connectivity index (χ3n) is 6.41. The minimum absolute atomic E-state index is 0.184. The Bertz CT molecular complexity index is 666. The summed E-state index contributed by atoms with van der Waals surface area (Å²) in [6, 6.07) is 10.6. The van der Waals surface area contributed by atoms with Gasteiger partial charge in [0.05, 0.1) is 6.26 Å². The second kappa shape index (κ2) is 5.30. The third kappa shape index (κ3) is 2.53. The maximum atomic E-state index is 12.1. The van der Waals surface area contributed by atoms with Gasteiger partial charge in [-0.15, -0.1) is 0 Å². The fraction of sp³-hybridized carbons (Fsp3) is 0.667. The largest absolute Gasteiger partial charge is 0.298 e. The van der Waals surface area contributed by atoms with Crippen molar-refractivity contribution in [2.45, 2.75) is 32.2 Å². The van der Waals surface area contributed by atoms with Gasteiger partial charge >= 0.3 is 0 Å². The van der Waals surface area contributed by atoms with Gasteiger partial charge in [-0.05, 0) is 18.4 Å². The Morgan fingerprint density at radius 2 is 1.52 bits per heavy atom. The average molecular weight is 334 g/mol. The van der Waals surface area contributed by atoms with E-state index in [9.17, 15) is 8.42 Å². The molecular formula is C18H26N2O2S. The van der Waals surface area contributed by atoms with E-state index in [-0.39, 0.29) is 10.8 Å². The van der Waals surface area contributed by atoms with Gasteiger partial charge in [0, 0.05) is 43.6 Å². The summed E-state index contributed by atoms with van der Waals surface area (Å²) in [5.74, 6) is 0. The smallest absolute Gasteiger partial charge is 0.211 e. The molecule has 0 N–H and O–H groups in total. The molecule has 3 fully saturated rings. The molecule has 5 heteroatoms. The fourth-order valence-electron chi connectivity index (χ4n) is 5.38. The molecule has 2 saturated heterocycles. The Labute approximate surface area is 139 Å². The normalized spacial score (nSPS) is 35.2. The molecule has 1 aromatic carbocycles. The first-order chi connectivity index (χ1) is 10.9. The monoisotopic (exact) mass is 334 g/mol. The minimum atomic E-state index is -3.07. The number of hydrogen-bond acceptors (Lipinski definition) is 3. The lowest BCUT2D eigenvalue weighted by molar-refractivity contribution is 0.0945. The van der Waals surface area contributed by atoms with Crippen molar-refractivity contribution in [3.05, 3.63) is 35.9 Å². The SMILES string of the molecule is CS(=O)(=O)N1CC23CCCCC2(CN(Cc2ccccc2)C3)C1. The van der Waals surface area contributed by atoms with Crippen LogP contribution in [0.3, 0.4) is 0 Å². The van der Waals surface area contributed by atoms with Gasteiger partial charge in [0.25, 0.3) is 0 Å². The molecule has 23 heavy (non-hydrogen) atoms. The van der Waals surface area contributed by atoms with E-state index in [0.717, 1.165) is 32.7 Å². The molecule has 0 aromatic heterocycles. The highest BCUT2D eigenvalue weighted by Crippen LogP contribution is 2.60. The highest BCUT2D eigenvalue weighted by atomic mass is 32.2. The van der Waals surface area contributed by atoms with Crippen LogP contribution in [-0.4, -0.2) is 50.1 Å². The lowest BCUT2D eigenvalue weighted by atomic mass is 9.60. The maximum absolute atomic E-state index is 12.1. The van der Waals surface area contributed by atoms with Crippen LogP contribution in [0, 0.1) is 10.8 Å². The summed E-state index contributed by atoms with van der Waals surface area (Å²) in [6.07, 6.45) is 6.24. The van der Waals surface area contributed by atoms with E-state index >= 15 is 0 Å². The molecule has 4 rings (SSSR count). The molecule has 2 unspecified atom stereocenters. The average Bonchev–Trinajstić information content (AvgIpc) is 2.97. The molecule has 0 radical (unpaired) electrons. The molecule has 2 atom stereocenters. The van der Waals surface area contributed by atoms with Crippen molar-refractivity contribution in [1.29, 1.82) is 0 Å². The second-order valence-corrected chi connectivity index (χ2v) is 9.91. The quantitative estimate of drug-likeness (QED) is 0.852. The highest BCUT2D eigenvalue weighted by Gasteiger charge is 2.64. The van der Waals surface area contributed by atoms with Crippen LogP contribution in [0.1, 0.15) is 31.2 Å². The third-order valence-corrected chi connectivity index (χ3v) is 7.61. The number of rotatable bonds is 3. The van der Waals surface area contributed by atoms with Gasteiger partial charge in [-0.1, -0.05) is 43.2 Å². The Hall–Kier alpha value is -0.910. The number of sulfonamides is 1. The lowest BCUT2D eigenvalue weighted by Gasteiger charge is -2.42. The van der Waals surface area contributed by atoms with Crippen LogP contribution >= 0.6 is 0 Å². The predicted octanol–water partition coefficient (Wildman–Crippen LogP) is 2.32. The van der Waals surface area contributed by atoms with Crippen LogP contribution in [0.15, 0.2) is 30.3 Å². The predicted molar refractivity (Wildman–Crippen MR) is 91.5 cm³/mol. The first-order valence-electron chi connectivity index (χ1n) is 8.64. The number of benzene rings is 1. The van der Waals surface area contributed by atoms with E-state index in [4.69, 9.17) is 0 Å². The molecule has 2 heterocycles. The zero-order valence-corrected chi connectivity index (χ0v) is 14.7. The van der Waals surface area contributed by atoms with Gasteiger partial charge in [-0.25, -0.2) is 12.7 Å². The molecule has 1 saturated carbocycles. The zero-order chi connectivity index (χ0) is 16.1. The number of likely N-dealkylation sites (tertiary alicyclic amines) is 1. The van der Waals surface area contributed by atoms with Crippen LogP contribution in [0.2, 0.25) is 0 Å². The Morgan fingerprint density at radius 3 is 2.04 bits per heavy atom. The van der Waals surface area contributed by atoms with E-state index in [1.54, 1.807) is 4.31 Å². The van der Waals surface area contributed by atoms with Gasteiger partial charge in [-0.2, -0.15) is 0 Å². The van der Waals surface area contributed by atoms with Gasteiger partial charge in [0.2, 0.25) is 10.0 Å². The molecular weight excluding hydrogens is 308 g/mol. The van der Waals surface area contributed by atoms with E-state index < -0.39 is 10.0 Å². The van der Waals surface area contributed by atoms with Crippen LogP contribution in [0.25, 0.3) is 0 Å². The van der Waals surface area contributed by atoms with Crippen LogP contribution in [0.4, 0.5) is 0 Å². The van der Waals surface area contributed by atoms with Crippen molar-refractivity contribution in [2.24, 2.45) is 10.8 Å². The molecule has 1 aromatic rings. The second-order valence-electron chi connectivity index (χ2n) is 7.93. The molecule has 4 nitrogen and oxygen atoms in total. The molecule has 3 aliphatic rings. The van der Waals surface area contributed by atoms with Gasteiger partial charge < -0.3 is 0 Å². The topological polar surface area (TPSA) is 40.6 Å². The highest BCUT2D eigenvalue weighted by molar-refractivity contribution is 7.88. The number of hydrogen-bond donors (Lipinski definition) is 0. The van der Waals surface area contributed by atoms with Crippen molar-refractivity contribution in [2.75, 3.05) is 32.4 Å². The van der Waals surface area contributed by atoms with Crippen LogP contribution in [-0.2, 0) is 16.6 Å². The first kappa shape index (κ1) is 15.6. The van der Waals surface area contributed by atoms with Crippen molar-refractivity contribution in [3.63, 3.8) is 0 Å². The van der Waals surface area contributed by atoms with Gasteiger partial charge in [0.1, 0.15) is 0 Å². The zero-order valence-electron chi connectivity index (χ0n) is 13.9. The van der Waals surface area contributed by atoms with Gasteiger partial charge in [0.15, 0.2) is 0 Å². The lowest BCUT2D eigenvalue weighted by Crippen LogP contribution is -2.42. The Balaban J connectivity index is 1.59. The molecule has 126 valence electrons. The Morgan fingerprint density at radius 1 is 0.957 bits per heavy atom. The summed E-state index contributed by atoms with van der Waals surface area (Å²) in [6.45, 7) is 4.55. The molecule has 1 aliphatic carbocycles. The van der Waals surface area contributed by atoms with Crippen LogP contribution < -0.4 is 0 Å². The molecule has 0 amide bonds. The molecule has 0 bridgehead atoms. The Kier molecular flexibility index (Phi) is 3.59. The van der Waals surface area contributed by atoms with Crippen molar-refractivity contribution in [3.8, 4) is 0 Å². The summed E-state index contributed by atoms with van der Waals surface area (Å²) in [5, 5.41) is 0. The maximum Gasteiger partial charge on any atom is 0.211 e.